The van der Waals surface area contributed by atoms with E-state index in [1.54, 1.807) is 0 Å². The van der Waals surface area contributed by atoms with E-state index in [0.717, 1.165) is 11.0 Å². The van der Waals surface area contributed by atoms with Crippen molar-refractivity contribution in [2.45, 2.75) is 45.2 Å². The van der Waals surface area contributed by atoms with Gasteiger partial charge in [0.25, 0.3) is 0 Å². The Morgan fingerprint density at radius 2 is 2.20 bits per heavy atom. The molecule has 1 saturated heterocycles. The van der Waals surface area contributed by atoms with Crippen LogP contribution in [0, 0.1) is 0 Å². The van der Waals surface area contributed by atoms with Crippen LogP contribution in [0.2, 0.25) is 0 Å². The molecule has 88 valence electrons. The van der Waals surface area contributed by atoms with Gasteiger partial charge in [-0.3, -0.25) is 0 Å². The molecule has 0 aromatic rings. The third-order valence-electron chi connectivity index (χ3n) is 3.08. The molecule has 1 aliphatic heterocycles. The number of hydrogen-bond donors (Lipinski definition) is 1. The quantitative estimate of drug-likeness (QED) is 0.848. The second-order valence-corrected chi connectivity index (χ2v) is 5.78. The number of likely N-dealkylation sites (tertiary alicyclic amines) is 1. The summed E-state index contributed by atoms with van der Waals surface area (Å²) < 4.78 is 1.05. The van der Waals surface area contributed by atoms with Gasteiger partial charge in [0, 0.05) is 23.1 Å². The number of nitrogens with one attached hydrogen (secondary N) is 1. The Bertz CT molecular complexity index is 204. The fourth-order valence-corrected chi connectivity index (χ4v) is 2.26. The minimum atomic E-state index is 0.669. The summed E-state index contributed by atoms with van der Waals surface area (Å²) >= 11 is 3.39. The Labute approximate surface area is 102 Å². The molecule has 1 N–H and O–H groups in total. The standard InChI is InChI=1S/C12H23BrN2/c1-10(2)15-7-4-5-12(6-8-15)14-9-11(3)13/h10,12,14H,3-9H2,1-2H3. The topological polar surface area (TPSA) is 15.3 Å². The Balaban J connectivity index is 2.29. The Morgan fingerprint density at radius 1 is 1.47 bits per heavy atom. The van der Waals surface area contributed by atoms with E-state index in [-0.39, 0.29) is 0 Å². The fourth-order valence-electron chi connectivity index (χ4n) is 2.09. The maximum Gasteiger partial charge on any atom is 0.0268 e. The molecule has 1 atom stereocenters. The molecule has 1 fully saturated rings. The van der Waals surface area contributed by atoms with Gasteiger partial charge in [0.15, 0.2) is 0 Å². The van der Waals surface area contributed by atoms with Crippen LogP contribution in [-0.2, 0) is 0 Å². The summed E-state index contributed by atoms with van der Waals surface area (Å²) in [6.45, 7) is 11.8. The zero-order valence-electron chi connectivity index (χ0n) is 9.93. The zero-order chi connectivity index (χ0) is 11.3. The van der Waals surface area contributed by atoms with Crippen molar-refractivity contribution in [3.05, 3.63) is 11.1 Å². The van der Waals surface area contributed by atoms with Crippen molar-refractivity contribution < 1.29 is 0 Å². The molecule has 0 radical (unpaired) electrons. The molecule has 0 spiro atoms. The molecule has 1 heterocycles. The Kier molecular flexibility index (Phi) is 5.87. The zero-order valence-corrected chi connectivity index (χ0v) is 11.5. The lowest BCUT2D eigenvalue weighted by Gasteiger charge is -2.24. The minimum absolute atomic E-state index is 0.669. The van der Waals surface area contributed by atoms with Crippen molar-refractivity contribution in [3.63, 3.8) is 0 Å². The van der Waals surface area contributed by atoms with E-state index in [0.29, 0.717) is 12.1 Å². The SMILES string of the molecule is C=C(Br)CNC1CCCN(C(C)C)CC1. The molecule has 1 aliphatic rings. The molecule has 1 unspecified atom stereocenters. The average Bonchev–Trinajstić information content (AvgIpc) is 2.39. The minimum Gasteiger partial charge on any atom is -0.309 e. The van der Waals surface area contributed by atoms with Crippen LogP contribution in [0.1, 0.15) is 33.1 Å². The fraction of sp³-hybridized carbons (Fsp3) is 0.833. The van der Waals surface area contributed by atoms with Gasteiger partial charge in [0.2, 0.25) is 0 Å². The number of nitrogens with zero attached hydrogens (tertiary/aromatic N) is 1. The van der Waals surface area contributed by atoms with Gasteiger partial charge in [0.05, 0.1) is 0 Å². The van der Waals surface area contributed by atoms with Crippen LogP contribution in [0.3, 0.4) is 0 Å². The van der Waals surface area contributed by atoms with Crippen molar-refractivity contribution in [2.75, 3.05) is 19.6 Å². The molecular formula is C12H23BrN2. The lowest BCUT2D eigenvalue weighted by atomic mass is 10.1. The molecule has 0 aromatic heterocycles. The summed E-state index contributed by atoms with van der Waals surface area (Å²) in [5.74, 6) is 0. The highest BCUT2D eigenvalue weighted by molar-refractivity contribution is 9.11. The van der Waals surface area contributed by atoms with Gasteiger partial charge in [0.1, 0.15) is 0 Å². The van der Waals surface area contributed by atoms with Gasteiger partial charge in [-0.2, -0.15) is 0 Å². The van der Waals surface area contributed by atoms with Crippen molar-refractivity contribution in [3.8, 4) is 0 Å². The monoisotopic (exact) mass is 274 g/mol. The number of halogens is 1. The highest BCUT2D eigenvalue weighted by atomic mass is 79.9. The first kappa shape index (κ1) is 13.2. The van der Waals surface area contributed by atoms with Crippen LogP contribution >= 0.6 is 15.9 Å². The van der Waals surface area contributed by atoms with E-state index in [2.05, 4.69) is 46.6 Å². The Morgan fingerprint density at radius 3 is 2.80 bits per heavy atom. The number of hydrogen-bond acceptors (Lipinski definition) is 2. The molecule has 0 saturated carbocycles. The van der Waals surface area contributed by atoms with Crippen molar-refractivity contribution in [1.29, 1.82) is 0 Å². The second-order valence-electron chi connectivity index (χ2n) is 4.66. The third-order valence-corrected chi connectivity index (χ3v) is 3.36. The summed E-state index contributed by atoms with van der Waals surface area (Å²) in [5, 5.41) is 3.55. The van der Waals surface area contributed by atoms with Gasteiger partial charge in [-0.1, -0.05) is 22.5 Å². The van der Waals surface area contributed by atoms with Crippen LogP contribution in [-0.4, -0.2) is 36.6 Å². The van der Waals surface area contributed by atoms with Gasteiger partial charge in [-0.05, 0) is 46.2 Å². The van der Waals surface area contributed by atoms with Gasteiger partial charge in [-0.25, -0.2) is 0 Å². The maximum atomic E-state index is 3.85. The first-order chi connectivity index (χ1) is 7.09. The van der Waals surface area contributed by atoms with Crippen molar-refractivity contribution in [2.24, 2.45) is 0 Å². The summed E-state index contributed by atoms with van der Waals surface area (Å²) in [6.07, 6.45) is 3.87. The molecule has 0 bridgehead atoms. The highest BCUT2D eigenvalue weighted by Crippen LogP contribution is 2.13. The Hall–Kier alpha value is 0.140. The summed E-state index contributed by atoms with van der Waals surface area (Å²) in [7, 11) is 0. The van der Waals surface area contributed by atoms with Crippen molar-refractivity contribution >= 4 is 15.9 Å². The maximum absolute atomic E-state index is 3.85. The average molecular weight is 275 g/mol. The summed E-state index contributed by atoms with van der Waals surface area (Å²) in [4.78, 5) is 2.57. The van der Waals surface area contributed by atoms with E-state index in [1.165, 1.54) is 32.4 Å². The van der Waals surface area contributed by atoms with Crippen LogP contribution in [0.15, 0.2) is 11.1 Å². The predicted octanol–water partition coefficient (Wildman–Crippen LogP) is 2.75. The highest BCUT2D eigenvalue weighted by Gasteiger charge is 2.17. The lowest BCUT2D eigenvalue weighted by molar-refractivity contribution is 0.229. The normalized spacial score (nSPS) is 24.1. The molecular weight excluding hydrogens is 252 g/mol. The number of rotatable bonds is 4. The van der Waals surface area contributed by atoms with E-state index in [4.69, 9.17) is 0 Å². The van der Waals surface area contributed by atoms with E-state index < -0.39 is 0 Å². The van der Waals surface area contributed by atoms with E-state index in [9.17, 15) is 0 Å². The molecule has 15 heavy (non-hydrogen) atoms. The largest absolute Gasteiger partial charge is 0.309 e. The first-order valence-corrected chi connectivity index (χ1v) is 6.69. The molecule has 0 aromatic carbocycles. The third kappa shape index (κ3) is 5.14. The van der Waals surface area contributed by atoms with Crippen LogP contribution in [0.25, 0.3) is 0 Å². The predicted molar refractivity (Wildman–Crippen MR) is 70.4 cm³/mol. The first-order valence-electron chi connectivity index (χ1n) is 5.90. The smallest absolute Gasteiger partial charge is 0.0268 e. The molecule has 1 rings (SSSR count). The molecule has 0 amide bonds. The van der Waals surface area contributed by atoms with E-state index in [1.807, 2.05) is 0 Å². The molecule has 3 heteroatoms. The molecule has 2 nitrogen and oxygen atoms in total. The second kappa shape index (κ2) is 6.66. The van der Waals surface area contributed by atoms with E-state index >= 15 is 0 Å². The lowest BCUT2D eigenvalue weighted by Crippen LogP contribution is -2.34. The van der Waals surface area contributed by atoms with Crippen LogP contribution < -0.4 is 5.32 Å². The van der Waals surface area contributed by atoms with Crippen LogP contribution in [0.5, 0.6) is 0 Å². The summed E-state index contributed by atoms with van der Waals surface area (Å²) in [5.41, 5.74) is 0. The van der Waals surface area contributed by atoms with Gasteiger partial charge >= 0.3 is 0 Å². The van der Waals surface area contributed by atoms with Crippen LogP contribution in [0.4, 0.5) is 0 Å². The van der Waals surface area contributed by atoms with Gasteiger partial charge in [-0.15, -0.1) is 0 Å². The van der Waals surface area contributed by atoms with Gasteiger partial charge < -0.3 is 10.2 Å². The van der Waals surface area contributed by atoms with Crippen molar-refractivity contribution in [1.82, 2.24) is 10.2 Å². The molecule has 0 aliphatic carbocycles. The summed E-state index contributed by atoms with van der Waals surface area (Å²) in [6, 6.07) is 1.36.